The van der Waals surface area contributed by atoms with Crippen LogP contribution in [0.5, 0.6) is 0 Å². The highest BCUT2D eigenvalue weighted by molar-refractivity contribution is 6.39. The molecule has 3 aliphatic heterocycles. The van der Waals surface area contributed by atoms with E-state index in [1.54, 1.807) is 27.2 Å². The Bertz CT molecular complexity index is 1830. The van der Waals surface area contributed by atoms with Gasteiger partial charge in [-0.25, -0.2) is 4.79 Å². The molecule has 66 heavy (non-hydrogen) atoms. The van der Waals surface area contributed by atoms with Crippen LogP contribution in [0.1, 0.15) is 130 Å². The molecule has 4 aliphatic rings. The van der Waals surface area contributed by atoms with Gasteiger partial charge in [0.1, 0.15) is 30.1 Å². The minimum Gasteiger partial charge on any atom is -0.456 e. The van der Waals surface area contributed by atoms with Crippen molar-refractivity contribution in [3.8, 4) is 0 Å². The van der Waals surface area contributed by atoms with Crippen molar-refractivity contribution < 1.29 is 57.8 Å². The van der Waals surface area contributed by atoms with E-state index in [0.717, 1.165) is 23.1 Å². The standard InChI is InChI=1S/C53H79NO12/c1-10-25-63-45-31-38(21-23-44(45)64-32-43(56)40-17-13-12-14-18-40)29-36(6)48-35(5)20-22-42(55)39(11-2)27-33(3)26-34(4)28-46(61-8)49-47(62-9)30-37(7)53(60,66-49)50(57)51(58)54-24-16-15-19-41(54)52(59)65-48/h10,12-14,17-18,27,29,34-35,37-39,41,43-49,56,60H,1,11,15-16,19-26,28,30-32H2,2-9H3. The molecule has 368 valence electrons. The highest BCUT2D eigenvalue weighted by Gasteiger charge is 2.56. The number of benzene rings is 1. The number of ketones is 2. The third kappa shape index (κ3) is 13.6. The highest BCUT2D eigenvalue weighted by atomic mass is 16.7. The van der Waals surface area contributed by atoms with E-state index in [-0.39, 0.29) is 74.1 Å². The number of methoxy groups -OCH3 is 2. The number of piperidine rings is 1. The van der Waals surface area contributed by atoms with E-state index >= 15 is 0 Å². The van der Waals surface area contributed by atoms with Crippen LogP contribution in [0.15, 0.2) is 66.3 Å². The number of ether oxygens (including phenoxy) is 6. The van der Waals surface area contributed by atoms with Gasteiger partial charge in [0.25, 0.3) is 11.7 Å². The number of amides is 1. The Hall–Kier alpha value is -3.56. The lowest BCUT2D eigenvalue weighted by atomic mass is 9.82. The summed E-state index contributed by atoms with van der Waals surface area (Å²) in [5.41, 5.74) is 2.67. The van der Waals surface area contributed by atoms with E-state index in [1.807, 2.05) is 58.0 Å². The molecule has 3 heterocycles. The Labute approximate surface area is 393 Å². The third-order valence-corrected chi connectivity index (χ3v) is 14.5. The van der Waals surface area contributed by atoms with Gasteiger partial charge < -0.3 is 43.5 Å². The molecule has 1 aromatic rings. The van der Waals surface area contributed by atoms with Crippen molar-refractivity contribution >= 4 is 23.4 Å². The molecule has 14 unspecified atom stereocenters. The number of esters is 1. The number of cyclic esters (lactones) is 1. The third-order valence-electron chi connectivity index (χ3n) is 14.5. The van der Waals surface area contributed by atoms with Gasteiger partial charge in [-0.05, 0) is 113 Å². The lowest BCUT2D eigenvalue weighted by Gasteiger charge is -2.47. The Morgan fingerprint density at radius 3 is 2.33 bits per heavy atom. The number of aliphatic hydroxyl groups is 2. The van der Waals surface area contributed by atoms with Crippen LogP contribution in [0, 0.1) is 29.6 Å². The monoisotopic (exact) mass is 922 g/mol. The summed E-state index contributed by atoms with van der Waals surface area (Å²) in [5.74, 6) is -6.38. The summed E-state index contributed by atoms with van der Waals surface area (Å²) in [6, 6.07) is 8.34. The van der Waals surface area contributed by atoms with Gasteiger partial charge in [-0.15, -0.1) is 6.58 Å². The molecule has 2 bridgehead atoms. The molecule has 2 N–H and O–H groups in total. The van der Waals surface area contributed by atoms with Crippen molar-refractivity contribution in [2.45, 2.75) is 173 Å². The number of rotatable bonds is 12. The molecule has 0 radical (unpaired) electrons. The SMILES string of the molecule is C=CCOC1CC(C=C(C)C2OC(=O)C3CCCCN3C(=O)C(=O)C3(O)OC(C(OC)CC(C)CC(C)=CC(CC)C(=O)CCC2C)C(OC)CC3C)CCC1OCC(O)c1ccccc1. The number of hydrogen-bond acceptors (Lipinski definition) is 12. The maximum atomic E-state index is 14.5. The highest BCUT2D eigenvalue weighted by Crippen LogP contribution is 2.39. The predicted octanol–water partition coefficient (Wildman–Crippen LogP) is 7.82. The zero-order chi connectivity index (χ0) is 48.1. The van der Waals surface area contributed by atoms with Crippen molar-refractivity contribution in [3.63, 3.8) is 0 Å². The first kappa shape index (κ1) is 53.4. The fourth-order valence-corrected chi connectivity index (χ4v) is 10.7. The van der Waals surface area contributed by atoms with Crippen molar-refractivity contribution in [3.05, 3.63) is 71.8 Å². The van der Waals surface area contributed by atoms with Gasteiger partial charge in [0.05, 0.1) is 37.6 Å². The molecular weight excluding hydrogens is 843 g/mol. The summed E-state index contributed by atoms with van der Waals surface area (Å²) in [5, 5.41) is 23.0. The van der Waals surface area contributed by atoms with Gasteiger partial charge in [0.2, 0.25) is 5.79 Å². The average molecular weight is 922 g/mol. The quantitative estimate of drug-likeness (QED) is 0.119. The Kier molecular flexibility index (Phi) is 20.4. The number of allylic oxidation sites excluding steroid dienone is 3. The summed E-state index contributed by atoms with van der Waals surface area (Å²) in [6.07, 6.45) is 8.26. The minimum atomic E-state index is -2.48. The van der Waals surface area contributed by atoms with Crippen molar-refractivity contribution in [2.75, 3.05) is 34.0 Å². The van der Waals surface area contributed by atoms with Crippen LogP contribution in [0.4, 0.5) is 0 Å². The van der Waals surface area contributed by atoms with Crippen molar-refractivity contribution in [1.82, 2.24) is 4.90 Å². The number of carbonyl (C=O) groups is 4. The predicted molar refractivity (Wildman–Crippen MR) is 251 cm³/mol. The molecule has 1 aliphatic carbocycles. The minimum absolute atomic E-state index is 0.0409. The van der Waals surface area contributed by atoms with Crippen molar-refractivity contribution in [2.24, 2.45) is 29.6 Å². The zero-order valence-corrected chi connectivity index (χ0v) is 40.9. The van der Waals surface area contributed by atoms with Crippen LogP contribution < -0.4 is 0 Å². The number of aliphatic hydroxyl groups excluding tert-OH is 1. The van der Waals surface area contributed by atoms with Crippen LogP contribution in [0.2, 0.25) is 0 Å². The van der Waals surface area contributed by atoms with Crippen LogP contribution in [0.3, 0.4) is 0 Å². The normalized spacial score (nSPS) is 35.5. The van der Waals surface area contributed by atoms with E-state index in [1.165, 1.54) is 4.90 Å². The fraction of sp³-hybridized carbons (Fsp3) is 0.698. The number of Topliss-reactive ketones (excluding diaryl/α,β-unsaturated/α-hetero) is 2. The van der Waals surface area contributed by atoms with E-state index in [9.17, 15) is 29.4 Å². The van der Waals surface area contributed by atoms with Gasteiger partial charge in [-0.3, -0.25) is 14.4 Å². The molecule has 0 spiro atoms. The lowest BCUT2D eigenvalue weighted by molar-refractivity contribution is -0.302. The molecule has 1 aromatic carbocycles. The van der Waals surface area contributed by atoms with Gasteiger partial charge in [-0.1, -0.05) is 81.8 Å². The largest absolute Gasteiger partial charge is 0.456 e. The second-order valence-corrected chi connectivity index (χ2v) is 19.7. The molecular formula is C53H79NO12. The topological polar surface area (TPSA) is 167 Å². The first-order chi connectivity index (χ1) is 31.5. The summed E-state index contributed by atoms with van der Waals surface area (Å²) in [6.45, 7) is 16.2. The molecule has 2 saturated heterocycles. The van der Waals surface area contributed by atoms with Crippen LogP contribution >= 0.6 is 0 Å². The number of carbonyl (C=O) groups excluding carboxylic acids is 4. The molecule has 13 nitrogen and oxygen atoms in total. The van der Waals surface area contributed by atoms with Gasteiger partial charge >= 0.3 is 5.97 Å². The summed E-state index contributed by atoms with van der Waals surface area (Å²) in [4.78, 5) is 58.5. The second kappa shape index (κ2) is 25.2. The summed E-state index contributed by atoms with van der Waals surface area (Å²) >= 11 is 0. The molecule has 14 atom stereocenters. The maximum Gasteiger partial charge on any atom is 0.329 e. The van der Waals surface area contributed by atoms with E-state index in [0.29, 0.717) is 58.0 Å². The van der Waals surface area contributed by atoms with Gasteiger partial charge in [0, 0.05) is 39.0 Å². The van der Waals surface area contributed by atoms with Crippen LogP contribution in [-0.4, -0.2) is 121 Å². The summed E-state index contributed by atoms with van der Waals surface area (Å²) in [7, 11) is 3.11. The maximum absolute atomic E-state index is 14.5. The molecule has 13 heteroatoms. The average Bonchev–Trinajstić information content (AvgIpc) is 3.32. The summed E-state index contributed by atoms with van der Waals surface area (Å²) < 4.78 is 37.1. The molecule has 3 fully saturated rings. The van der Waals surface area contributed by atoms with Crippen molar-refractivity contribution in [1.29, 1.82) is 0 Å². The second-order valence-electron chi connectivity index (χ2n) is 19.7. The first-order valence-corrected chi connectivity index (χ1v) is 24.5. The fourth-order valence-electron chi connectivity index (χ4n) is 10.7. The number of hydrogen-bond donors (Lipinski definition) is 2. The number of nitrogens with zero attached hydrogens (tertiary/aromatic N) is 1. The molecule has 0 aromatic heterocycles. The van der Waals surface area contributed by atoms with E-state index in [4.69, 9.17) is 28.4 Å². The van der Waals surface area contributed by atoms with E-state index in [2.05, 4.69) is 25.7 Å². The smallest absolute Gasteiger partial charge is 0.329 e. The van der Waals surface area contributed by atoms with Crippen LogP contribution in [0.25, 0.3) is 0 Å². The first-order valence-electron chi connectivity index (χ1n) is 24.5. The lowest BCUT2D eigenvalue weighted by Crippen LogP contribution is -2.64. The van der Waals surface area contributed by atoms with Crippen LogP contribution in [-0.2, 0) is 47.6 Å². The Morgan fingerprint density at radius 2 is 1.65 bits per heavy atom. The molecule has 1 saturated carbocycles. The Balaban J connectivity index is 1.44. The zero-order valence-electron chi connectivity index (χ0n) is 40.9. The van der Waals surface area contributed by atoms with Gasteiger partial charge in [0.15, 0.2) is 0 Å². The molecule has 5 rings (SSSR count). The number of fused-ring (bicyclic) bond motifs is 3. The van der Waals surface area contributed by atoms with Gasteiger partial charge in [-0.2, -0.15) is 0 Å². The van der Waals surface area contributed by atoms with E-state index < -0.39 is 65.9 Å². The Morgan fingerprint density at radius 1 is 0.939 bits per heavy atom. The molecule has 1 amide bonds.